The van der Waals surface area contributed by atoms with Crippen molar-refractivity contribution < 1.29 is 23.7 Å². The zero-order valence-corrected chi connectivity index (χ0v) is 17.0. The van der Waals surface area contributed by atoms with Gasteiger partial charge in [0, 0.05) is 6.08 Å². The normalized spacial score (nSPS) is 15.6. The Morgan fingerprint density at radius 3 is 2.69 bits per heavy atom. The second kappa shape index (κ2) is 8.52. The fourth-order valence-electron chi connectivity index (χ4n) is 2.83. The molecule has 1 aromatic heterocycles. The van der Waals surface area contributed by atoms with Gasteiger partial charge in [-0.1, -0.05) is 26.0 Å². The van der Waals surface area contributed by atoms with Crippen LogP contribution in [0.25, 0.3) is 6.08 Å². The first-order chi connectivity index (χ1) is 13.8. The SMILES string of the molecule is Cc1ccc(C(C)C)c(OCCN2C(=O)S/C(=C\c3ccc([N+](=O)[O-])o3)C2=O)c1. The van der Waals surface area contributed by atoms with Crippen molar-refractivity contribution in [3.05, 3.63) is 62.2 Å². The van der Waals surface area contributed by atoms with Crippen molar-refractivity contribution in [2.45, 2.75) is 26.7 Å². The minimum atomic E-state index is -0.670. The molecule has 0 spiro atoms. The molecule has 1 aliphatic heterocycles. The van der Waals surface area contributed by atoms with Crippen molar-refractivity contribution in [3.63, 3.8) is 0 Å². The predicted molar refractivity (Wildman–Crippen MR) is 109 cm³/mol. The molecule has 2 heterocycles. The van der Waals surface area contributed by atoms with E-state index in [2.05, 4.69) is 13.8 Å². The van der Waals surface area contributed by atoms with Crippen LogP contribution in [-0.2, 0) is 4.79 Å². The molecule has 0 saturated carbocycles. The fraction of sp³-hybridized carbons (Fsp3) is 0.300. The van der Waals surface area contributed by atoms with Gasteiger partial charge in [0.05, 0.1) is 17.5 Å². The van der Waals surface area contributed by atoms with Gasteiger partial charge in [0.25, 0.3) is 11.1 Å². The molecule has 8 nitrogen and oxygen atoms in total. The van der Waals surface area contributed by atoms with E-state index < -0.39 is 22.0 Å². The Labute approximate surface area is 171 Å². The number of furan rings is 1. The third kappa shape index (κ3) is 4.68. The summed E-state index contributed by atoms with van der Waals surface area (Å²) in [5.74, 6) is 0.257. The number of imide groups is 1. The Kier molecular flexibility index (Phi) is 6.07. The molecule has 0 radical (unpaired) electrons. The number of nitrogens with zero attached hydrogens (tertiary/aromatic N) is 2. The number of benzene rings is 1. The number of aryl methyl sites for hydroxylation is 1. The first kappa shape index (κ1) is 20.7. The average molecular weight is 416 g/mol. The first-order valence-corrected chi connectivity index (χ1v) is 9.81. The van der Waals surface area contributed by atoms with Crippen LogP contribution in [0, 0.1) is 17.0 Å². The minimum Gasteiger partial charge on any atom is -0.491 e. The van der Waals surface area contributed by atoms with Crippen molar-refractivity contribution in [2.24, 2.45) is 0 Å². The number of thioether (sulfide) groups is 1. The molecule has 29 heavy (non-hydrogen) atoms. The number of nitro groups is 1. The molecule has 0 N–H and O–H groups in total. The van der Waals surface area contributed by atoms with Crippen molar-refractivity contribution in [2.75, 3.05) is 13.2 Å². The van der Waals surface area contributed by atoms with Crippen LogP contribution in [0.15, 0.2) is 39.7 Å². The summed E-state index contributed by atoms with van der Waals surface area (Å²) >= 11 is 0.764. The smallest absolute Gasteiger partial charge is 0.433 e. The molecule has 9 heteroatoms. The highest BCUT2D eigenvalue weighted by molar-refractivity contribution is 8.18. The second-order valence-corrected chi connectivity index (χ2v) is 7.80. The molecule has 2 amide bonds. The summed E-state index contributed by atoms with van der Waals surface area (Å²) in [7, 11) is 0. The first-order valence-electron chi connectivity index (χ1n) is 8.99. The fourth-order valence-corrected chi connectivity index (χ4v) is 3.68. The summed E-state index contributed by atoms with van der Waals surface area (Å²) in [6, 6.07) is 8.54. The van der Waals surface area contributed by atoms with Gasteiger partial charge in [-0.3, -0.25) is 24.6 Å². The van der Waals surface area contributed by atoms with Crippen LogP contribution >= 0.6 is 11.8 Å². The van der Waals surface area contributed by atoms with Gasteiger partial charge in [-0.2, -0.15) is 0 Å². The molecular weight excluding hydrogens is 396 g/mol. The van der Waals surface area contributed by atoms with E-state index in [0.29, 0.717) is 0 Å². The van der Waals surface area contributed by atoms with Crippen LogP contribution in [0.4, 0.5) is 10.7 Å². The highest BCUT2D eigenvalue weighted by Crippen LogP contribution is 2.33. The lowest BCUT2D eigenvalue weighted by Crippen LogP contribution is -2.32. The summed E-state index contributed by atoms with van der Waals surface area (Å²) in [6.07, 6.45) is 1.33. The van der Waals surface area contributed by atoms with E-state index in [0.717, 1.165) is 33.5 Å². The van der Waals surface area contributed by atoms with E-state index in [1.165, 1.54) is 18.2 Å². The van der Waals surface area contributed by atoms with Gasteiger partial charge < -0.3 is 9.15 Å². The van der Waals surface area contributed by atoms with Gasteiger partial charge in [0.1, 0.15) is 23.0 Å². The van der Waals surface area contributed by atoms with E-state index in [-0.39, 0.29) is 29.7 Å². The molecule has 1 saturated heterocycles. The minimum absolute atomic E-state index is 0.103. The van der Waals surface area contributed by atoms with E-state index in [4.69, 9.17) is 9.15 Å². The second-order valence-electron chi connectivity index (χ2n) is 6.81. The molecule has 152 valence electrons. The van der Waals surface area contributed by atoms with Gasteiger partial charge >= 0.3 is 5.88 Å². The molecule has 0 bridgehead atoms. The standard InChI is InChI=1S/C20H20N2O6S/c1-12(2)15-6-4-13(3)10-16(15)27-9-8-21-19(23)17(29-20(21)24)11-14-5-7-18(28-14)22(25)26/h4-7,10-12H,8-9H2,1-3H3/b17-11-. The van der Waals surface area contributed by atoms with Gasteiger partial charge in [-0.05, 0) is 47.9 Å². The van der Waals surface area contributed by atoms with Crippen molar-refractivity contribution in [3.8, 4) is 5.75 Å². The number of ether oxygens (including phenoxy) is 1. The number of amides is 2. The number of carbonyl (C=O) groups is 2. The van der Waals surface area contributed by atoms with Gasteiger partial charge in [-0.25, -0.2) is 0 Å². The monoisotopic (exact) mass is 416 g/mol. The lowest BCUT2D eigenvalue weighted by molar-refractivity contribution is -0.402. The Morgan fingerprint density at radius 1 is 1.28 bits per heavy atom. The highest BCUT2D eigenvalue weighted by Gasteiger charge is 2.35. The van der Waals surface area contributed by atoms with Gasteiger partial charge in [0.2, 0.25) is 0 Å². The summed E-state index contributed by atoms with van der Waals surface area (Å²) < 4.78 is 10.9. The Balaban J connectivity index is 1.66. The van der Waals surface area contributed by atoms with Crippen LogP contribution in [0.1, 0.15) is 36.7 Å². The summed E-state index contributed by atoms with van der Waals surface area (Å²) in [5, 5.41) is 10.3. The lowest BCUT2D eigenvalue weighted by atomic mass is 10.0. The Bertz CT molecular complexity index is 995. The molecule has 1 fully saturated rings. The van der Waals surface area contributed by atoms with E-state index in [1.54, 1.807) is 0 Å². The third-order valence-corrected chi connectivity index (χ3v) is 5.21. The Hall–Kier alpha value is -3.07. The molecule has 0 aliphatic carbocycles. The number of hydrogen-bond donors (Lipinski definition) is 0. The molecule has 1 aliphatic rings. The summed E-state index contributed by atoms with van der Waals surface area (Å²) in [4.78, 5) is 36.0. The largest absolute Gasteiger partial charge is 0.491 e. The van der Waals surface area contributed by atoms with Crippen LogP contribution in [0.5, 0.6) is 5.75 Å². The molecule has 0 unspecified atom stereocenters. The van der Waals surface area contributed by atoms with Crippen LogP contribution in [-0.4, -0.2) is 34.1 Å². The maximum Gasteiger partial charge on any atom is 0.433 e. The highest BCUT2D eigenvalue weighted by atomic mass is 32.2. The van der Waals surface area contributed by atoms with Crippen molar-refractivity contribution in [1.29, 1.82) is 0 Å². The van der Waals surface area contributed by atoms with Crippen LogP contribution < -0.4 is 4.74 Å². The van der Waals surface area contributed by atoms with E-state index in [1.807, 2.05) is 25.1 Å². The molecule has 2 aromatic rings. The molecule has 0 atom stereocenters. The predicted octanol–water partition coefficient (Wildman–Crippen LogP) is 4.73. The zero-order chi connectivity index (χ0) is 21.1. The molecule has 3 rings (SSSR count). The molecule has 1 aromatic carbocycles. The molecular formula is C20H20N2O6S. The van der Waals surface area contributed by atoms with Crippen LogP contribution in [0.2, 0.25) is 0 Å². The number of carbonyl (C=O) groups excluding carboxylic acids is 2. The number of hydrogen-bond acceptors (Lipinski definition) is 7. The summed E-state index contributed by atoms with van der Waals surface area (Å²) in [6.45, 7) is 6.37. The van der Waals surface area contributed by atoms with Crippen molar-refractivity contribution >= 4 is 34.9 Å². The Morgan fingerprint density at radius 2 is 2.03 bits per heavy atom. The topological polar surface area (TPSA) is 103 Å². The zero-order valence-electron chi connectivity index (χ0n) is 16.2. The average Bonchev–Trinajstić information content (AvgIpc) is 3.22. The lowest BCUT2D eigenvalue weighted by Gasteiger charge is -2.17. The maximum atomic E-state index is 12.5. The van der Waals surface area contributed by atoms with Crippen molar-refractivity contribution in [1.82, 2.24) is 4.90 Å². The quantitative estimate of drug-likeness (QED) is 0.365. The van der Waals surface area contributed by atoms with E-state index in [9.17, 15) is 19.7 Å². The number of rotatable bonds is 7. The third-order valence-electron chi connectivity index (χ3n) is 4.30. The van der Waals surface area contributed by atoms with Crippen LogP contribution in [0.3, 0.4) is 0 Å². The van der Waals surface area contributed by atoms with Gasteiger partial charge in [0.15, 0.2) is 0 Å². The van der Waals surface area contributed by atoms with Gasteiger partial charge in [-0.15, -0.1) is 0 Å². The maximum absolute atomic E-state index is 12.5. The summed E-state index contributed by atoms with van der Waals surface area (Å²) in [5.41, 5.74) is 2.12. The van der Waals surface area contributed by atoms with E-state index >= 15 is 0 Å².